The summed E-state index contributed by atoms with van der Waals surface area (Å²) in [5, 5.41) is 6.84. The summed E-state index contributed by atoms with van der Waals surface area (Å²) >= 11 is 5.95. The smallest absolute Gasteiger partial charge is 0.412 e. The largest absolute Gasteiger partial charge is 0.444 e. The van der Waals surface area contributed by atoms with Crippen LogP contribution in [0, 0.1) is 0 Å². The van der Waals surface area contributed by atoms with E-state index in [1.54, 1.807) is 32.9 Å². The SMILES string of the molecule is CC(C)(C)OC(=O)Nc1ccc(Cl)n2nc(N)nc12. The van der Waals surface area contributed by atoms with Gasteiger partial charge >= 0.3 is 6.09 Å². The summed E-state index contributed by atoms with van der Waals surface area (Å²) in [5.74, 6) is 0.0698. The van der Waals surface area contributed by atoms with Crippen molar-refractivity contribution in [3.05, 3.63) is 17.3 Å². The highest BCUT2D eigenvalue weighted by Crippen LogP contribution is 2.21. The molecule has 1 amide bonds. The van der Waals surface area contributed by atoms with Crippen LogP contribution in [0.25, 0.3) is 5.65 Å². The van der Waals surface area contributed by atoms with Crippen LogP contribution in [0.4, 0.5) is 16.4 Å². The second-order valence-electron chi connectivity index (χ2n) is 4.90. The Hall–Kier alpha value is -2.02. The predicted molar refractivity (Wildman–Crippen MR) is 72.3 cm³/mol. The molecule has 0 bridgehead atoms. The van der Waals surface area contributed by atoms with Crippen LogP contribution >= 0.6 is 11.6 Å². The second-order valence-corrected chi connectivity index (χ2v) is 5.29. The summed E-state index contributed by atoms with van der Waals surface area (Å²) < 4.78 is 6.49. The summed E-state index contributed by atoms with van der Waals surface area (Å²) in [5.41, 5.74) is 5.71. The summed E-state index contributed by atoms with van der Waals surface area (Å²) in [6.07, 6.45) is -0.585. The Bertz CT molecular complexity index is 632. The first kappa shape index (κ1) is 13.4. The number of amides is 1. The van der Waals surface area contributed by atoms with Gasteiger partial charge in [-0.1, -0.05) is 11.6 Å². The van der Waals surface area contributed by atoms with Gasteiger partial charge in [-0.05, 0) is 32.9 Å². The van der Waals surface area contributed by atoms with Crippen molar-refractivity contribution in [2.75, 3.05) is 11.1 Å². The van der Waals surface area contributed by atoms with Crippen molar-refractivity contribution >= 4 is 35.0 Å². The molecule has 0 aliphatic carbocycles. The van der Waals surface area contributed by atoms with Crippen LogP contribution in [-0.4, -0.2) is 26.3 Å². The van der Waals surface area contributed by atoms with Gasteiger partial charge in [-0.2, -0.15) is 9.50 Å². The van der Waals surface area contributed by atoms with Crippen molar-refractivity contribution < 1.29 is 9.53 Å². The molecule has 0 aliphatic rings. The number of pyridine rings is 1. The van der Waals surface area contributed by atoms with Gasteiger partial charge < -0.3 is 10.5 Å². The topological polar surface area (TPSA) is 94.5 Å². The second kappa shape index (κ2) is 4.58. The number of halogens is 1. The molecular weight excluding hydrogens is 270 g/mol. The van der Waals surface area contributed by atoms with Crippen molar-refractivity contribution in [2.24, 2.45) is 0 Å². The van der Waals surface area contributed by atoms with Crippen LogP contribution in [0.2, 0.25) is 5.15 Å². The molecule has 2 aromatic rings. The number of fused-ring (bicyclic) bond motifs is 1. The van der Waals surface area contributed by atoms with Crippen LogP contribution in [0.1, 0.15) is 20.8 Å². The molecule has 0 spiro atoms. The number of nitrogens with one attached hydrogen (secondary N) is 1. The number of ether oxygens (including phenoxy) is 1. The van der Waals surface area contributed by atoms with E-state index in [0.717, 1.165) is 0 Å². The zero-order valence-electron chi connectivity index (χ0n) is 10.8. The van der Waals surface area contributed by atoms with Crippen molar-refractivity contribution in [2.45, 2.75) is 26.4 Å². The lowest BCUT2D eigenvalue weighted by atomic mass is 10.2. The molecule has 8 heteroatoms. The van der Waals surface area contributed by atoms with Gasteiger partial charge in [0.25, 0.3) is 0 Å². The fourth-order valence-electron chi connectivity index (χ4n) is 1.46. The fraction of sp³-hybridized carbons (Fsp3) is 0.364. The van der Waals surface area contributed by atoms with Crippen molar-refractivity contribution in [3.8, 4) is 0 Å². The van der Waals surface area contributed by atoms with E-state index >= 15 is 0 Å². The zero-order valence-corrected chi connectivity index (χ0v) is 11.5. The van der Waals surface area contributed by atoms with E-state index < -0.39 is 11.7 Å². The average molecular weight is 284 g/mol. The van der Waals surface area contributed by atoms with E-state index in [1.807, 2.05) is 0 Å². The number of carbonyl (C=O) groups is 1. The van der Waals surface area contributed by atoms with E-state index in [0.29, 0.717) is 16.5 Å². The molecule has 102 valence electrons. The Balaban J connectivity index is 2.31. The molecule has 7 nitrogen and oxygen atoms in total. The first-order chi connectivity index (χ1) is 8.76. The van der Waals surface area contributed by atoms with E-state index in [9.17, 15) is 4.79 Å². The molecule has 2 heterocycles. The lowest BCUT2D eigenvalue weighted by Gasteiger charge is -2.19. The zero-order chi connectivity index (χ0) is 14.2. The van der Waals surface area contributed by atoms with Crippen LogP contribution < -0.4 is 11.1 Å². The molecule has 19 heavy (non-hydrogen) atoms. The standard InChI is InChI=1S/C11H14ClN5O2/c1-11(2,3)19-10(18)14-6-4-5-7(12)17-8(6)15-9(13)16-17/h4-5H,1-3H3,(H2,13,16)(H,14,18). The number of nitrogens with zero attached hydrogens (tertiary/aromatic N) is 3. The first-order valence-corrected chi connectivity index (χ1v) is 5.95. The molecule has 0 atom stereocenters. The van der Waals surface area contributed by atoms with Crippen LogP contribution in [0.3, 0.4) is 0 Å². The molecule has 2 rings (SSSR count). The number of nitrogen functional groups attached to an aromatic ring is 1. The molecule has 0 saturated carbocycles. The molecule has 0 radical (unpaired) electrons. The van der Waals surface area contributed by atoms with E-state index in [2.05, 4.69) is 15.4 Å². The third kappa shape index (κ3) is 3.05. The van der Waals surface area contributed by atoms with Gasteiger partial charge in [0.1, 0.15) is 10.8 Å². The molecule has 3 N–H and O–H groups in total. The quantitative estimate of drug-likeness (QED) is 0.783. The van der Waals surface area contributed by atoms with Gasteiger partial charge in [0.05, 0.1) is 5.69 Å². The maximum atomic E-state index is 11.7. The van der Waals surface area contributed by atoms with Gasteiger partial charge in [-0.25, -0.2) is 4.79 Å². The van der Waals surface area contributed by atoms with Crippen molar-refractivity contribution in [1.82, 2.24) is 14.6 Å². The van der Waals surface area contributed by atoms with Gasteiger partial charge in [-0.3, -0.25) is 5.32 Å². The Morgan fingerprint density at radius 1 is 1.47 bits per heavy atom. The maximum absolute atomic E-state index is 11.7. The summed E-state index contributed by atoms with van der Waals surface area (Å²) in [4.78, 5) is 15.7. The molecule has 2 aromatic heterocycles. The van der Waals surface area contributed by atoms with E-state index in [4.69, 9.17) is 22.1 Å². The third-order valence-electron chi connectivity index (χ3n) is 2.09. The third-order valence-corrected chi connectivity index (χ3v) is 2.38. The minimum absolute atomic E-state index is 0.0698. The fourth-order valence-corrected chi connectivity index (χ4v) is 1.64. The lowest BCUT2D eigenvalue weighted by Crippen LogP contribution is -2.27. The van der Waals surface area contributed by atoms with Gasteiger partial charge in [0.2, 0.25) is 5.95 Å². The molecular formula is C11H14ClN5O2. The molecule has 0 unspecified atom stereocenters. The molecule has 0 aliphatic heterocycles. The minimum atomic E-state index is -0.585. The number of rotatable bonds is 1. The Morgan fingerprint density at radius 3 is 2.79 bits per heavy atom. The summed E-state index contributed by atoms with van der Waals surface area (Å²) in [6.45, 7) is 5.33. The number of aromatic nitrogens is 3. The van der Waals surface area contributed by atoms with Gasteiger partial charge in [0, 0.05) is 0 Å². The molecule has 0 aromatic carbocycles. The molecule has 0 saturated heterocycles. The number of hydrogen-bond donors (Lipinski definition) is 2. The van der Waals surface area contributed by atoms with E-state index in [1.165, 1.54) is 4.52 Å². The monoisotopic (exact) mass is 283 g/mol. The van der Waals surface area contributed by atoms with Crippen LogP contribution in [-0.2, 0) is 4.74 Å². The van der Waals surface area contributed by atoms with Crippen molar-refractivity contribution in [1.29, 1.82) is 0 Å². The van der Waals surface area contributed by atoms with Crippen LogP contribution in [0.5, 0.6) is 0 Å². The van der Waals surface area contributed by atoms with Gasteiger partial charge in [-0.15, -0.1) is 5.10 Å². The first-order valence-electron chi connectivity index (χ1n) is 5.57. The Morgan fingerprint density at radius 2 is 2.16 bits per heavy atom. The van der Waals surface area contributed by atoms with E-state index in [-0.39, 0.29) is 5.95 Å². The number of carbonyl (C=O) groups excluding carboxylic acids is 1. The highest BCUT2D eigenvalue weighted by molar-refractivity contribution is 6.29. The number of anilines is 2. The van der Waals surface area contributed by atoms with Gasteiger partial charge in [0.15, 0.2) is 5.65 Å². The number of hydrogen-bond acceptors (Lipinski definition) is 5. The Kier molecular flexibility index (Phi) is 3.23. The highest BCUT2D eigenvalue weighted by atomic mass is 35.5. The summed E-state index contributed by atoms with van der Waals surface area (Å²) in [6, 6.07) is 3.19. The van der Waals surface area contributed by atoms with Crippen LogP contribution in [0.15, 0.2) is 12.1 Å². The molecule has 0 fully saturated rings. The lowest BCUT2D eigenvalue weighted by molar-refractivity contribution is 0.0636. The maximum Gasteiger partial charge on any atom is 0.412 e. The van der Waals surface area contributed by atoms with Crippen molar-refractivity contribution in [3.63, 3.8) is 0 Å². The Labute approximate surface area is 114 Å². The predicted octanol–water partition coefficient (Wildman–Crippen LogP) is 2.31. The summed E-state index contributed by atoms with van der Waals surface area (Å²) in [7, 11) is 0. The normalized spacial score (nSPS) is 11.6. The number of nitrogens with two attached hydrogens (primary N) is 1. The minimum Gasteiger partial charge on any atom is -0.444 e. The average Bonchev–Trinajstić information content (AvgIpc) is 2.62. The highest BCUT2D eigenvalue weighted by Gasteiger charge is 2.18.